The van der Waals surface area contributed by atoms with E-state index in [0.717, 1.165) is 17.8 Å². The predicted molar refractivity (Wildman–Crippen MR) is 65.9 cm³/mol. The molecular weight excluding hydrogens is 233 g/mol. The Morgan fingerprint density at radius 2 is 2.22 bits per heavy atom. The molecule has 2 rings (SSSR count). The Labute approximate surface area is 105 Å². The zero-order chi connectivity index (χ0) is 13.1. The lowest BCUT2D eigenvalue weighted by Gasteiger charge is -2.13. The van der Waals surface area contributed by atoms with E-state index in [1.807, 2.05) is 20.8 Å². The Balaban J connectivity index is 2.42. The summed E-state index contributed by atoms with van der Waals surface area (Å²) >= 11 is 0. The van der Waals surface area contributed by atoms with Gasteiger partial charge in [-0.05, 0) is 54.6 Å². The number of hydrogen-bond donors (Lipinski definition) is 1. The highest BCUT2D eigenvalue weighted by atomic mass is 19.1. The van der Waals surface area contributed by atoms with Crippen LogP contribution in [0.5, 0.6) is 0 Å². The lowest BCUT2D eigenvalue weighted by atomic mass is 10.2. The van der Waals surface area contributed by atoms with E-state index in [1.165, 1.54) is 12.1 Å². The van der Waals surface area contributed by atoms with Gasteiger partial charge in [-0.1, -0.05) is 6.92 Å². The Bertz CT molecular complexity index is 537. The highest BCUT2D eigenvalue weighted by Gasteiger charge is 2.16. The molecule has 0 radical (unpaired) electrons. The van der Waals surface area contributed by atoms with Gasteiger partial charge in [-0.3, -0.25) is 0 Å². The summed E-state index contributed by atoms with van der Waals surface area (Å²) in [4.78, 5) is 0. The molecule has 2 aromatic rings. The molecule has 0 saturated carbocycles. The fourth-order valence-corrected chi connectivity index (χ4v) is 1.89. The topological polar surface area (TPSA) is 55.6 Å². The van der Waals surface area contributed by atoms with Gasteiger partial charge in [0.05, 0.1) is 11.7 Å². The van der Waals surface area contributed by atoms with Gasteiger partial charge in [0.25, 0.3) is 0 Å². The standard InChI is InChI=1S/C12H16FN5/c1-4-14-9(3)12-15-16-17-18(12)11-6-5-10(13)7-8(11)2/h5-7,9,14H,4H2,1-3H3. The number of tetrazole rings is 1. The van der Waals surface area contributed by atoms with Crippen LogP contribution in [0.4, 0.5) is 4.39 Å². The maximum atomic E-state index is 13.1. The van der Waals surface area contributed by atoms with Crippen LogP contribution in [0.1, 0.15) is 31.3 Å². The number of aromatic nitrogens is 4. The molecule has 0 amide bonds. The van der Waals surface area contributed by atoms with Crippen LogP contribution in [-0.4, -0.2) is 26.8 Å². The van der Waals surface area contributed by atoms with E-state index in [4.69, 9.17) is 0 Å². The summed E-state index contributed by atoms with van der Waals surface area (Å²) in [7, 11) is 0. The monoisotopic (exact) mass is 249 g/mol. The molecule has 0 aliphatic carbocycles. The van der Waals surface area contributed by atoms with Crippen LogP contribution in [0.2, 0.25) is 0 Å². The number of rotatable bonds is 4. The fourth-order valence-electron chi connectivity index (χ4n) is 1.89. The van der Waals surface area contributed by atoms with Crippen LogP contribution in [0.25, 0.3) is 5.69 Å². The number of benzene rings is 1. The van der Waals surface area contributed by atoms with E-state index in [1.54, 1.807) is 10.7 Å². The normalized spacial score (nSPS) is 12.7. The van der Waals surface area contributed by atoms with Gasteiger partial charge in [0, 0.05) is 0 Å². The molecule has 6 heteroatoms. The van der Waals surface area contributed by atoms with Gasteiger partial charge >= 0.3 is 0 Å². The smallest absolute Gasteiger partial charge is 0.173 e. The van der Waals surface area contributed by atoms with Crippen molar-refractivity contribution in [2.24, 2.45) is 0 Å². The largest absolute Gasteiger partial charge is 0.308 e. The molecule has 0 spiro atoms. The molecule has 1 heterocycles. The molecular formula is C12H16FN5. The number of aryl methyl sites for hydroxylation is 1. The van der Waals surface area contributed by atoms with E-state index in [0.29, 0.717) is 5.82 Å². The summed E-state index contributed by atoms with van der Waals surface area (Å²) in [6.45, 7) is 6.68. The molecule has 0 fully saturated rings. The van der Waals surface area contributed by atoms with Crippen LogP contribution in [0, 0.1) is 12.7 Å². The molecule has 1 aromatic heterocycles. The highest BCUT2D eigenvalue weighted by Crippen LogP contribution is 2.18. The summed E-state index contributed by atoms with van der Waals surface area (Å²) < 4.78 is 14.7. The molecule has 0 saturated heterocycles. The summed E-state index contributed by atoms with van der Waals surface area (Å²) in [6.07, 6.45) is 0. The van der Waals surface area contributed by atoms with Gasteiger partial charge in [0.15, 0.2) is 5.82 Å². The Hall–Kier alpha value is -1.82. The van der Waals surface area contributed by atoms with Crippen molar-refractivity contribution >= 4 is 0 Å². The second kappa shape index (κ2) is 5.22. The quantitative estimate of drug-likeness (QED) is 0.897. The number of nitrogens with one attached hydrogen (secondary N) is 1. The molecule has 1 N–H and O–H groups in total. The van der Waals surface area contributed by atoms with Crippen molar-refractivity contribution in [3.8, 4) is 5.69 Å². The predicted octanol–water partition coefficient (Wildman–Crippen LogP) is 1.78. The van der Waals surface area contributed by atoms with Gasteiger partial charge in [-0.2, -0.15) is 4.68 Å². The molecule has 18 heavy (non-hydrogen) atoms. The van der Waals surface area contributed by atoms with Crippen LogP contribution >= 0.6 is 0 Å². The van der Waals surface area contributed by atoms with Gasteiger partial charge in [-0.25, -0.2) is 4.39 Å². The van der Waals surface area contributed by atoms with Crippen LogP contribution in [0.3, 0.4) is 0 Å². The highest BCUT2D eigenvalue weighted by molar-refractivity contribution is 5.40. The number of hydrogen-bond acceptors (Lipinski definition) is 4. The maximum Gasteiger partial charge on any atom is 0.173 e. The number of nitrogens with zero attached hydrogens (tertiary/aromatic N) is 4. The maximum absolute atomic E-state index is 13.1. The molecule has 96 valence electrons. The minimum absolute atomic E-state index is 0.0365. The van der Waals surface area contributed by atoms with E-state index in [-0.39, 0.29) is 11.9 Å². The molecule has 1 aromatic carbocycles. The van der Waals surface area contributed by atoms with Gasteiger partial charge in [0.1, 0.15) is 5.82 Å². The third-order valence-electron chi connectivity index (χ3n) is 2.78. The van der Waals surface area contributed by atoms with Crippen molar-refractivity contribution in [2.45, 2.75) is 26.8 Å². The first-order valence-electron chi connectivity index (χ1n) is 5.91. The molecule has 0 bridgehead atoms. The first-order valence-corrected chi connectivity index (χ1v) is 5.91. The molecule has 1 unspecified atom stereocenters. The van der Waals surface area contributed by atoms with E-state index in [9.17, 15) is 4.39 Å². The SMILES string of the molecule is CCNC(C)c1nnnn1-c1ccc(F)cc1C. The van der Waals surface area contributed by atoms with Crippen molar-refractivity contribution in [2.75, 3.05) is 6.54 Å². The van der Waals surface area contributed by atoms with Crippen molar-refractivity contribution in [1.29, 1.82) is 0 Å². The first-order chi connectivity index (χ1) is 8.63. The second-order valence-electron chi connectivity index (χ2n) is 4.16. The molecule has 5 nitrogen and oxygen atoms in total. The van der Waals surface area contributed by atoms with Crippen molar-refractivity contribution in [3.05, 3.63) is 35.4 Å². The van der Waals surface area contributed by atoms with Crippen molar-refractivity contribution < 1.29 is 4.39 Å². The average molecular weight is 249 g/mol. The Kier molecular flexibility index (Phi) is 3.66. The third kappa shape index (κ3) is 2.38. The zero-order valence-corrected chi connectivity index (χ0v) is 10.7. The lowest BCUT2D eigenvalue weighted by Crippen LogP contribution is -2.21. The Morgan fingerprint density at radius 3 is 2.89 bits per heavy atom. The summed E-state index contributed by atoms with van der Waals surface area (Å²) in [5, 5.41) is 14.9. The molecule has 0 aliphatic heterocycles. The van der Waals surface area contributed by atoms with Crippen LogP contribution in [0.15, 0.2) is 18.2 Å². The third-order valence-corrected chi connectivity index (χ3v) is 2.78. The Morgan fingerprint density at radius 1 is 1.44 bits per heavy atom. The number of halogens is 1. The van der Waals surface area contributed by atoms with Gasteiger partial charge < -0.3 is 5.32 Å². The van der Waals surface area contributed by atoms with Gasteiger partial charge in [0.2, 0.25) is 0 Å². The van der Waals surface area contributed by atoms with Crippen LogP contribution < -0.4 is 5.32 Å². The van der Waals surface area contributed by atoms with Crippen molar-refractivity contribution in [1.82, 2.24) is 25.5 Å². The molecule has 0 aliphatic rings. The lowest BCUT2D eigenvalue weighted by molar-refractivity contribution is 0.549. The van der Waals surface area contributed by atoms with E-state index >= 15 is 0 Å². The van der Waals surface area contributed by atoms with Crippen LogP contribution in [-0.2, 0) is 0 Å². The minimum atomic E-state index is -0.259. The summed E-state index contributed by atoms with van der Waals surface area (Å²) in [5.74, 6) is 0.456. The van der Waals surface area contributed by atoms with Gasteiger partial charge in [-0.15, -0.1) is 5.10 Å². The fraction of sp³-hybridized carbons (Fsp3) is 0.417. The summed E-state index contributed by atoms with van der Waals surface area (Å²) in [5.41, 5.74) is 1.59. The second-order valence-corrected chi connectivity index (χ2v) is 4.16. The van der Waals surface area contributed by atoms with Crippen molar-refractivity contribution in [3.63, 3.8) is 0 Å². The first kappa shape index (κ1) is 12.6. The minimum Gasteiger partial charge on any atom is -0.308 e. The van der Waals surface area contributed by atoms with E-state index < -0.39 is 0 Å². The van der Waals surface area contributed by atoms with E-state index in [2.05, 4.69) is 20.8 Å². The average Bonchev–Trinajstić information content (AvgIpc) is 2.78. The summed E-state index contributed by atoms with van der Waals surface area (Å²) in [6, 6.07) is 4.60. The molecule has 1 atom stereocenters. The zero-order valence-electron chi connectivity index (χ0n) is 10.7.